The normalized spacial score (nSPS) is 12.5. The van der Waals surface area contributed by atoms with Crippen LogP contribution >= 0.6 is 0 Å². The maximum Gasteiger partial charge on any atom is 0.337 e. The first-order valence-corrected chi connectivity index (χ1v) is 12.7. The molecule has 0 unspecified atom stereocenters. The molecule has 1 atom stereocenters. The van der Waals surface area contributed by atoms with E-state index in [1.54, 1.807) is 58.0 Å². The molecule has 8 nitrogen and oxygen atoms in total. The second-order valence-corrected chi connectivity index (χ2v) is 10.6. The van der Waals surface area contributed by atoms with Gasteiger partial charge in [-0.25, -0.2) is 23.1 Å². The summed E-state index contributed by atoms with van der Waals surface area (Å²) in [5.41, 5.74) is 2.40. The molecule has 2 aromatic heterocycles. The molecule has 0 fully saturated rings. The van der Waals surface area contributed by atoms with Crippen LogP contribution in [0.25, 0.3) is 39.3 Å². The molecule has 41 heavy (non-hydrogen) atoms. The molecule has 5 rings (SSSR count). The summed E-state index contributed by atoms with van der Waals surface area (Å²) in [5.74, 6) is -3.13. The van der Waals surface area contributed by atoms with Gasteiger partial charge in [-0.3, -0.25) is 0 Å². The van der Waals surface area contributed by atoms with Crippen LogP contribution in [-0.4, -0.2) is 41.5 Å². The van der Waals surface area contributed by atoms with Crippen molar-refractivity contribution < 1.29 is 33.6 Å². The van der Waals surface area contributed by atoms with Crippen LogP contribution in [0.4, 0.5) is 8.78 Å². The minimum atomic E-state index is -1.48. The fourth-order valence-electron chi connectivity index (χ4n) is 4.73. The third-order valence-corrected chi connectivity index (χ3v) is 6.43. The predicted molar refractivity (Wildman–Crippen MR) is 148 cm³/mol. The molecule has 10 heteroatoms. The standard InChI is InChI=1S/C31H27F2N3O5/c1-16-27(29(30(39)40)41-31(2,3)4)28(22-11-9-20(33)14-25(22)38)36-26(34-16)15-23(35-36)18-7-5-6-17(12-18)21-10-8-19(32)13-24(21)37/h5-15,29,37-38H,1-4H3,(H,39,40)/t29-/m1/s1. The monoisotopic (exact) mass is 559 g/mol. The van der Waals surface area contributed by atoms with Gasteiger partial charge in [0.2, 0.25) is 0 Å². The Balaban J connectivity index is 1.76. The average Bonchev–Trinajstić information content (AvgIpc) is 3.30. The highest BCUT2D eigenvalue weighted by Crippen LogP contribution is 2.40. The molecule has 0 aliphatic heterocycles. The highest BCUT2D eigenvalue weighted by molar-refractivity contribution is 5.83. The highest BCUT2D eigenvalue weighted by Gasteiger charge is 2.34. The lowest BCUT2D eigenvalue weighted by molar-refractivity contribution is -0.160. The van der Waals surface area contributed by atoms with Gasteiger partial charge in [-0.1, -0.05) is 18.2 Å². The summed E-state index contributed by atoms with van der Waals surface area (Å²) < 4.78 is 34.8. The first kappa shape index (κ1) is 27.7. The number of phenolic OH excluding ortho intramolecular Hbond substituents is 2. The van der Waals surface area contributed by atoms with Crippen molar-refractivity contribution in [1.29, 1.82) is 0 Å². The van der Waals surface area contributed by atoms with Crippen molar-refractivity contribution in [2.75, 3.05) is 0 Å². The molecule has 0 aliphatic carbocycles. The first-order chi connectivity index (χ1) is 19.3. The van der Waals surface area contributed by atoms with Crippen molar-refractivity contribution in [3.63, 3.8) is 0 Å². The lowest BCUT2D eigenvalue weighted by Gasteiger charge is -2.27. The number of aromatic nitrogens is 3. The van der Waals surface area contributed by atoms with E-state index < -0.39 is 35.1 Å². The van der Waals surface area contributed by atoms with Crippen molar-refractivity contribution in [1.82, 2.24) is 14.6 Å². The number of rotatable bonds is 6. The fraction of sp³-hybridized carbons (Fsp3) is 0.194. The minimum absolute atomic E-state index is 0.139. The average molecular weight is 560 g/mol. The molecule has 0 radical (unpaired) electrons. The Labute approximate surface area is 234 Å². The largest absolute Gasteiger partial charge is 0.507 e. The number of carboxylic acids is 1. The zero-order valence-corrected chi connectivity index (χ0v) is 22.7. The van der Waals surface area contributed by atoms with Gasteiger partial charge < -0.3 is 20.1 Å². The van der Waals surface area contributed by atoms with E-state index in [1.807, 2.05) is 0 Å². The number of aromatic hydroxyl groups is 2. The molecule has 0 saturated heterocycles. The molecule has 5 aromatic rings. The molecule has 0 amide bonds. The van der Waals surface area contributed by atoms with Crippen molar-refractivity contribution in [2.24, 2.45) is 0 Å². The number of carbonyl (C=O) groups is 1. The Hall–Kier alpha value is -4.83. The van der Waals surface area contributed by atoms with Gasteiger partial charge in [0.25, 0.3) is 0 Å². The summed E-state index contributed by atoms with van der Waals surface area (Å²) in [6.07, 6.45) is -1.48. The highest BCUT2D eigenvalue weighted by atomic mass is 19.1. The van der Waals surface area contributed by atoms with Crippen molar-refractivity contribution >= 4 is 11.6 Å². The number of carboxylic acid groups (broad SMARTS) is 1. The van der Waals surface area contributed by atoms with E-state index >= 15 is 0 Å². The third-order valence-electron chi connectivity index (χ3n) is 6.43. The minimum Gasteiger partial charge on any atom is -0.507 e. The van der Waals surface area contributed by atoms with Crippen LogP contribution < -0.4 is 0 Å². The molecule has 0 bridgehead atoms. The van der Waals surface area contributed by atoms with Crippen LogP contribution in [0.15, 0.2) is 66.7 Å². The second kappa shape index (κ2) is 10.3. The van der Waals surface area contributed by atoms with Gasteiger partial charge in [0.15, 0.2) is 11.8 Å². The number of nitrogens with zero attached hydrogens (tertiary/aromatic N) is 3. The molecule has 0 saturated carbocycles. The van der Waals surface area contributed by atoms with E-state index in [1.165, 1.54) is 22.7 Å². The van der Waals surface area contributed by atoms with Crippen LogP contribution in [0.1, 0.15) is 38.1 Å². The second-order valence-electron chi connectivity index (χ2n) is 10.6. The summed E-state index contributed by atoms with van der Waals surface area (Å²) >= 11 is 0. The Bertz CT molecular complexity index is 1810. The SMILES string of the molecule is Cc1nc2cc(-c3cccc(-c4ccc(F)cc4O)c3)nn2c(-c2ccc(F)cc2O)c1[C@@H](OC(C)(C)C)C(=O)O. The molecular formula is C31H27F2N3O5. The number of benzene rings is 3. The fourth-order valence-corrected chi connectivity index (χ4v) is 4.73. The molecule has 3 N–H and O–H groups in total. The maximum absolute atomic E-state index is 14.0. The maximum atomic E-state index is 14.0. The Morgan fingerprint density at radius 1 is 0.902 bits per heavy atom. The van der Waals surface area contributed by atoms with Gasteiger partial charge in [0.1, 0.15) is 23.1 Å². The summed E-state index contributed by atoms with van der Waals surface area (Å²) in [4.78, 5) is 17.1. The third kappa shape index (κ3) is 5.46. The lowest BCUT2D eigenvalue weighted by atomic mass is 9.98. The van der Waals surface area contributed by atoms with Crippen LogP contribution in [0.5, 0.6) is 11.5 Å². The topological polar surface area (TPSA) is 117 Å². The van der Waals surface area contributed by atoms with Crippen molar-refractivity contribution in [3.05, 3.63) is 89.6 Å². The summed E-state index contributed by atoms with van der Waals surface area (Å²) in [6.45, 7) is 6.79. The summed E-state index contributed by atoms with van der Waals surface area (Å²) in [6, 6.07) is 15.9. The van der Waals surface area contributed by atoms with Crippen LogP contribution in [0.2, 0.25) is 0 Å². The predicted octanol–water partition coefficient (Wildman–Crippen LogP) is 6.67. The summed E-state index contributed by atoms with van der Waals surface area (Å²) in [7, 11) is 0. The van der Waals surface area contributed by atoms with Gasteiger partial charge in [-0.05, 0) is 63.6 Å². The van der Waals surface area contributed by atoms with E-state index in [2.05, 4.69) is 4.98 Å². The number of hydrogen-bond donors (Lipinski definition) is 3. The number of aliphatic carboxylic acids is 1. The van der Waals surface area contributed by atoms with Crippen LogP contribution in [0, 0.1) is 18.6 Å². The van der Waals surface area contributed by atoms with Gasteiger partial charge in [0, 0.05) is 46.1 Å². The first-order valence-electron chi connectivity index (χ1n) is 12.7. The zero-order valence-electron chi connectivity index (χ0n) is 22.7. The molecule has 0 spiro atoms. The van der Waals surface area contributed by atoms with Crippen molar-refractivity contribution in [2.45, 2.75) is 39.4 Å². The lowest BCUT2D eigenvalue weighted by Crippen LogP contribution is -2.29. The summed E-state index contributed by atoms with van der Waals surface area (Å²) in [5, 5.41) is 35.9. The van der Waals surface area contributed by atoms with Crippen LogP contribution in [-0.2, 0) is 9.53 Å². The van der Waals surface area contributed by atoms with E-state index in [9.17, 15) is 28.9 Å². The number of phenols is 2. The van der Waals surface area contributed by atoms with Gasteiger partial charge in [-0.15, -0.1) is 0 Å². The zero-order chi connectivity index (χ0) is 29.6. The molecule has 0 aliphatic rings. The van der Waals surface area contributed by atoms with Gasteiger partial charge in [-0.2, -0.15) is 5.10 Å². The van der Waals surface area contributed by atoms with Crippen LogP contribution in [0.3, 0.4) is 0 Å². The molecular weight excluding hydrogens is 532 g/mol. The number of ether oxygens (including phenoxy) is 1. The molecule has 2 heterocycles. The molecule has 3 aromatic carbocycles. The number of fused-ring (bicyclic) bond motifs is 1. The van der Waals surface area contributed by atoms with E-state index in [4.69, 9.17) is 9.84 Å². The van der Waals surface area contributed by atoms with Gasteiger partial charge in [0.05, 0.1) is 17.0 Å². The smallest absolute Gasteiger partial charge is 0.337 e. The number of aryl methyl sites for hydroxylation is 1. The van der Waals surface area contributed by atoms with E-state index in [0.717, 1.165) is 18.2 Å². The Morgan fingerprint density at radius 2 is 1.51 bits per heavy atom. The van der Waals surface area contributed by atoms with E-state index in [-0.39, 0.29) is 22.6 Å². The quantitative estimate of drug-likeness (QED) is 0.213. The Morgan fingerprint density at radius 3 is 2.10 bits per heavy atom. The van der Waals surface area contributed by atoms with E-state index in [0.29, 0.717) is 33.7 Å². The number of halogens is 2. The molecule has 210 valence electrons. The Kier molecular flexibility index (Phi) is 6.96. The number of hydrogen-bond acceptors (Lipinski definition) is 6. The van der Waals surface area contributed by atoms with Gasteiger partial charge >= 0.3 is 5.97 Å². The van der Waals surface area contributed by atoms with Crippen molar-refractivity contribution in [3.8, 4) is 45.1 Å².